The van der Waals surface area contributed by atoms with Crippen LogP contribution in [-0.2, 0) is 10.4 Å². The maximum atomic E-state index is 14.7. The number of unbranched alkanes of at least 4 members (excludes halogenated alkanes) is 4. The van der Waals surface area contributed by atoms with Gasteiger partial charge in [-0.3, -0.25) is 14.8 Å². The molecule has 1 amide bonds. The molecule has 0 aliphatic carbocycles. The van der Waals surface area contributed by atoms with E-state index in [4.69, 9.17) is 5.21 Å². The van der Waals surface area contributed by atoms with Crippen molar-refractivity contribution in [3.8, 4) is 0 Å². The molecule has 184 valence electrons. The van der Waals surface area contributed by atoms with E-state index < -0.39 is 23.1 Å². The highest BCUT2D eigenvalue weighted by Gasteiger charge is 2.38. The third-order valence-electron chi connectivity index (χ3n) is 6.08. The molecule has 0 heterocycles. The first-order valence-corrected chi connectivity index (χ1v) is 11.7. The predicted molar refractivity (Wildman–Crippen MR) is 128 cm³/mol. The van der Waals surface area contributed by atoms with E-state index in [1.165, 1.54) is 48.5 Å². The van der Waals surface area contributed by atoms with Crippen LogP contribution in [0.3, 0.4) is 0 Å². The van der Waals surface area contributed by atoms with E-state index in [2.05, 4.69) is 0 Å². The van der Waals surface area contributed by atoms with E-state index in [-0.39, 0.29) is 28.9 Å². The van der Waals surface area contributed by atoms with Crippen molar-refractivity contribution in [2.45, 2.75) is 50.5 Å². The maximum Gasteiger partial charge on any atom is 0.243 e. The molecule has 0 radical (unpaired) electrons. The van der Waals surface area contributed by atoms with Crippen molar-refractivity contribution >= 4 is 11.7 Å². The molecule has 3 rings (SSSR count). The number of rotatable bonds is 12. The molecule has 0 aliphatic rings. The number of hydroxylamine groups is 1. The Kier molecular flexibility index (Phi) is 9.23. The summed E-state index contributed by atoms with van der Waals surface area (Å²) in [5, 5.41) is 20.2. The first kappa shape index (κ1) is 26.2. The van der Waals surface area contributed by atoms with Gasteiger partial charge in [0.2, 0.25) is 5.91 Å². The number of amides is 1. The van der Waals surface area contributed by atoms with Gasteiger partial charge in [-0.1, -0.05) is 79.9 Å². The Hall–Kier alpha value is -3.42. The van der Waals surface area contributed by atoms with Gasteiger partial charge in [-0.25, -0.2) is 14.3 Å². The molecular formula is C28H29F2NO4. The molecule has 0 aliphatic heterocycles. The fourth-order valence-corrected chi connectivity index (χ4v) is 4.16. The van der Waals surface area contributed by atoms with Crippen LogP contribution < -0.4 is 5.48 Å². The van der Waals surface area contributed by atoms with Gasteiger partial charge < -0.3 is 5.11 Å². The molecule has 0 aromatic heterocycles. The molecule has 0 unspecified atom stereocenters. The lowest BCUT2D eigenvalue weighted by Gasteiger charge is -2.30. The van der Waals surface area contributed by atoms with Crippen LogP contribution in [0.25, 0.3) is 0 Å². The second-order valence-electron chi connectivity index (χ2n) is 8.47. The second-order valence-corrected chi connectivity index (χ2v) is 8.47. The minimum atomic E-state index is -2.08. The minimum absolute atomic E-state index is 0.0588. The number of hydrogen-bond donors (Lipinski definition) is 3. The average Bonchev–Trinajstić information content (AvgIpc) is 2.88. The predicted octanol–water partition coefficient (Wildman–Crippen LogP) is 5.67. The summed E-state index contributed by atoms with van der Waals surface area (Å²) in [6.45, 7) is 0. The molecule has 0 atom stereocenters. The van der Waals surface area contributed by atoms with Gasteiger partial charge in [0.25, 0.3) is 0 Å². The molecule has 5 nitrogen and oxygen atoms in total. The van der Waals surface area contributed by atoms with Gasteiger partial charge in [0.1, 0.15) is 17.2 Å². The van der Waals surface area contributed by atoms with Gasteiger partial charge >= 0.3 is 0 Å². The number of carbonyl (C=O) groups is 2. The Balaban J connectivity index is 1.70. The van der Waals surface area contributed by atoms with Gasteiger partial charge in [-0.2, -0.15) is 0 Å². The first-order valence-electron chi connectivity index (χ1n) is 11.7. The van der Waals surface area contributed by atoms with Crippen molar-refractivity contribution in [3.05, 3.63) is 107 Å². The normalized spacial score (nSPS) is 11.3. The van der Waals surface area contributed by atoms with Crippen molar-refractivity contribution in [1.82, 2.24) is 5.48 Å². The monoisotopic (exact) mass is 481 g/mol. The zero-order valence-electron chi connectivity index (χ0n) is 19.3. The van der Waals surface area contributed by atoms with Crippen molar-refractivity contribution in [3.63, 3.8) is 0 Å². The van der Waals surface area contributed by atoms with Gasteiger partial charge in [0, 0.05) is 29.5 Å². The molecule has 0 spiro atoms. The number of benzene rings is 3. The molecule has 0 saturated heterocycles. The van der Waals surface area contributed by atoms with Crippen LogP contribution in [0, 0.1) is 11.6 Å². The fraction of sp³-hybridized carbons (Fsp3) is 0.286. The highest BCUT2D eigenvalue weighted by Crippen LogP contribution is 2.39. The van der Waals surface area contributed by atoms with Crippen molar-refractivity contribution in [2.24, 2.45) is 0 Å². The van der Waals surface area contributed by atoms with Crippen LogP contribution >= 0.6 is 0 Å². The third-order valence-corrected chi connectivity index (χ3v) is 6.08. The smallest absolute Gasteiger partial charge is 0.243 e. The lowest BCUT2D eigenvalue weighted by Crippen LogP contribution is -2.31. The standard InChI is InChI=1S/C28H29F2NO4/c29-24-12-8-6-10-22(24)28(34,23-11-7-9-13-25(23)30)21-18-16-20(17-19-21)26(32)14-4-2-1-3-5-15-27(33)31-35/h6-13,16-19,34-35H,1-5,14-15H2,(H,31,33). The highest BCUT2D eigenvalue weighted by molar-refractivity contribution is 5.96. The molecule has 0 saturated carbocycles. The topological polar surface area (TPSA) is 86.6 Å². The number of ketones is 1. The Labute approximate surface area is 203 Å². The maximum absolute atomic E-state index is 14.7. The van der Waals surface area contributed by atoms with Gasteiger partial charge in [0.15, 0.2) is 5.78 Å². The molecule has 0 bridgehead atoms. The quantitative estimate of drug-likeness (QED) is 0.102. The number of aliphatic hydroxyl groups is 1. The molecule has 3 N–H and O–H groups in total. The van der Waals surface area contributed by atoms with E-state index in [1.54, 1.807) is 29.7 Å². The highest BCUT2D eigenvalue weighted by atomic mass is 19.1. The fourth-order valence-electron chi connectivity index (χ4n) is 4.16. The van der Waals surface area contributed by atoms with Crippen LogP contribution in [0.15, 0.2) is 72.8 Å². The van der Waals surface area contributed by atoms with E-state index in [0.29, 0.717) is 24.8 Å². The van der Waals surface area contributed by atoms with Crippen LogP contribution in [0.5, 0.6) is 0 Å². The molecule has 7 heteroatoms. The molecule has 3 aromatic rings. The largest absolute Gasteiger partial charge is 0.376 e. The van der Waals surface area contributed by atoms with Gasteiger partial charge in [-0.15, -0.1) is 0 Å². The summed E-state index contributed by atoms with van der Waals surface area (Å²) in [5.41, 5.74) is 0.0599. The summed E-state index contributed by atoms with van der Waals surface area (Å²) < 4.78 is 29.5. The first-order chi connectivity index (χ1) is 16.9. The van der Waals surface area contributed by atoms with Crippen molar-refractivity contribution in [2.75, 3.05) is 0 Å². The summed E-state index contributed by atoms with van der Waals surface area (Å²) in [6, 6.07) is 17.6. The van der Waals surface area contributed by atoms with Crippen molar-refractivity contribution in [1.29, 1.82) is 0 Å². The zero-order valence-corrected chi connectivity index (χ0v) is 19.3. The lowest BCUT2D eigenvalue weighted by molar-refractivity contribution is -0.129. The number of halogens is 2. The summed E-state index contributed by atoms with van der Waals surface area (Å²) in [7, 11) is 0. The molecule has 3 aromatic carbocycles. The minimum Gasteiger partial charge on any atom is -0.376 e. The Morgan fingerprint density at radius 1 is 0.714 bits per heavy atom. The summed E-state index contributed by atoms with van der Waals surface area (Å²) in [6.07, 6.45) is 4.54. The van der Waals surface area contributed by atoms with E-state index >= 15 is 0 Å². The lowest BCUT2D eigenvalue weighted by atomic mass is 9.79. The average molecular weight is 482 g/mol. The Morgan fingerprint density at radius 3 is 1.71 bits per heavy atom. The van der Waals surface area contributed by atoms with Crippen LogP contribution in [0.4, 0.5) is 8.78 Å². The summed E-state index contributed by atoms with van der Waals surface area (Å²) >= 11 is 0. The molecular weight excluding hydrogens is 452 g/mol. The number of nitrogens with one attached hydrogen (secondary N) is 1. The number of hydrogen-bond acceptors (Lipinski definition) is 4. The Bertz CT molecular complexity index is 1100. The number of Topliss-reactive ketones (excluding diaryl/α,β-unsaturated/α-hetero) is 1. The molecule has 0 fully saturated rings. The van der Waals surface area contributed by atoms with E-state index in [1.807, 2.05) is 0 Å². The third kappa shape index (κ3) is 6.38. The van der Waals surface area contributed by atoms with Crippen molar-refractivity contribution < 1.29 is 28.7 Å². The van der Waals surface area contributed by atoms with Gasteiger partial charge in [-0.05, 0) is 30.5 Å². The van der Waals surface area contributed by atoms with Crippen LogP contribution in [0.1, 0.15) is 72.0 Å². The Morgan fingerprint density at radius 2 is 1.20 bits per heavy atom. The van der Waals surface area contributed by atoms with E-state index in [9.17, 15) is 23.5 Å². The van der Waals surface area contributed by atoms with E-state index in [0.717, 1.165) is 19.3 Å². The summed E-state index contributed by atoms with van der Waals surface area (Å²) in [5.74, 6) is -1.80. The van der Waals surface area contributed by atoms with Crippen LogP contribution in [-0.4, -0.2) is 22.0 Å². The second kappa shape index (κ2) is 12.3. The number of carbonyl (C=O) groups excluding carboxylic acids is 2. The van der Waals surface area contributed by atoms with Crippen LogP contribution in [0.2, 0.25) is 0 Å². The van der Waals surface area contributed by atoms with Gasteiger partial charge in [0.05, 0.1) is 0 Å². The SMILES string of the molecule is O=C(CCCCCCCC(=O)c1ccc(C(O)(c2ccccc2F)c2ccccc2F)cc1)NO. The summed E-state index contributed by atoms with van der Waals surface area (Å²) in [4.78, 5) is 23.6. The molecule has 35 heavy (non-hydrogen) atoms. The zero-order chi connectivity index (χ0) is 25.3.